The number of benzene rings is 2. The SMILES string of the molecule is Nc1ccncc1-c1ccc(Cc2ccccc2)cc1. The molecule has 3 aromatic rings. The Balaban J connectivity index is 1.83. The lowest BCUT2D eigenvalue weighted by molar-refractivity contribution is 1.19. The summed E-state index contributed by atoms with van der Waals surface area (Å²) in [7, 11) is 0. The number of nitrogen functional groups attached to an aromatic ring is 1. The fraction of sp³-hybridized carbons (Fsp3) is 0.0556. The highest BCUT2D eigenvalue weighted by atomic mass is 14.7. The predicted octanol–water partition coefficient (Wildman–Crippen LogP) is 3.92. The highest BCUT2D eigenvalue weighted by Crippen LogP contribution is 2.25. The van der Waals surface area contributed by atoms with Gasteiger partial charge in [0.2, 0.25) is 0 Å². The van der Waals surface area contributed by atoms with Gasteiger partial charge in [-0.2, -0.15) is 0 Å². The molecule has 0 aliphatic heterocycles. The number of nitrogens with zero attached hydrogens (tertiary/aromatic N) is 1. The van der Waals surface area contributed by atoms with Crippen LogP contribution in [0, 0.1) is 0 Å². The van der Waals surface area contributed by atoms with Gasteiger partial charge in [0.05, 0.1) is 0 Å². The highest BCUT2D eigenvalue weighted by Gasteiger charge is 2.02. The normalized spacial score (nSPS) is 10.4. The lowest BCUT2D eigenvalue weighted by Gasteiger charge is -2.07. The second-order valence-corrected chi connectivity index (χ2v) is 4.82. The molecular weight excluding hydrogens is 244 g/mol. The smallest absolute Gasteiger partial charge is 0.0424 e. The minimum Gasteiger partial charge on any atom is -0.398 e. The maximum absolute atomic E-state index is 5.97. The maximum atomic E-state index is 5.97. The number of rotatable bonds is 3. The molecule has 0 saturated carbocycles. The van der Waals surface area contributed by atoms with E-state index in [4.69, 9.17) is 5.73 Å². The van der Waals surface area contributed by atoms with Crippen LogP contribution in [0.15, 0.2) is 73.1 Å². The second kappa shape index (κ2) is 5.57. The van der Waals surface area contributed by atoms with Gasteiger partial charge in [-0.25, -0.2) is 0 Å². The first-order valence-electron chi connectivity index (χ1n) is 6.65. The molecule has 0 atom stereocenters. The Labute approximate surface area is 118 Å². The molecule has 1 heterocycles. The van der Waals surface area contributed by atoms with E-state index < -0.39 is 0 Å². The lowest BCUT2D eigenvalue weighted by Crippen LogP contribution is -1.92. The van der Waals surface area contributed by atoms with Crippen molar-refractivity contribution in [2.75, 3.05) is 5.73 Å². The summed E-state index contributed by atoms with van der Waals surface area (Å²) in [4.78, 5) is 4.13. The summed E-state index contributed by atoms with van der Waals surface area (Å²) in [5.74, 6) is 0. The first-order valence-corrected chi connectivity index (χ1v) is 6.65. The van der Waals surface area contributed by atoms with Crippen molar-refractivity contribution in [2.45, 2.75) is 6.42 Å². The van der Waals surface area contributed by atoms with Gasteiger partial charge >= 0.3 is 0 Å². The minimum atomic E-state index is 0.760. The number of hydrogen-bond acceptors (Lipinski definition) is 2. The van der Waals surface area contributed by atoms with Crippen molar-refractivity contribution in [3.8, 4) is 11.1 Å². The zero-order chi connectivity index (χ0) is 13.8. The van der Waals surface area contributed by atoms with Crippen LogP contribution in [-0.2, 0) is 6.42 Å². The highest BCUT2D eigenvalue weighted by molar-refractivity contribution is 5.75. The Kier molecular flexibility index (Phi) is 3.46. The van der Waals surface area contributed by atoms with Gasteiger partial charge < -0.3 is 5.73 Å². The molecule has 2 aromatic carbocycles. The Hall–Kier alpha value is -2.61. The molecular formula is C18H16N2. The first-order chi connectivity index (χ1) is 9.83. The molecule has 0 radical (unpaired) electrons. The van der Waals surface area contributed by atoms with Crippen molar-refractivity contribution >= 4 is 5.69 Å². The summed E-state index contributed by atoms with van der Waals surface area (Å²) in [5, 5.41) is 0. The van der Waals surface area contributed by atoms with Crippen LogP contribution in [0.3, 0.4) is 0 Å². The molecule has 0 saturated heterocycles. The van der Waals surface area contributed by atoms with E-state index in [-0.39, 0.29) is 0 Å². The predicted molar refractivity (Wildman–Crippen MR) is 83.3 cm³/mol. The number of hydrogen-bond donors (Lipinski definition) is 1. The van der Waals surface area contributed by atoms with E-state index in [1.54, 1.807) is 6.20 Å². The fourth-order valence-corrected chi connectivity index (χ4v) is 2.28. The molecule has 0 amide bonds. The summed E-state index contributed by atoms with van der Waals surface area (Å²) in [6, 6.07) is 20.8. The van der Waals surface area contributed by atoms with E-state index in [1.807, 2.05) is 18.3 Å². The first kappa shape index (κ1) is 12.4. The Morgan fingerprint density at radius 1 is 0.800 bits per heavy atom. The topological polar surface area (TPSA) is 38.9 Å². The van der Waals surface area contributed by atoms with Crippen molar-refractivity contribution in [3.05, 3.63) is 84.2 Å². The summed E-state index contributed by atoms with van der Waals surface area (Å²) in [5.41, 5.74) is 11.4. The van der Waals surface area contributed by atoms with E-state index >= 15 is 0 Å². The van der Waals surface area contributed by atoms with Crippen molar-refractivity contribution in [1.29, 1.82) is 0 Å². The largest absolute Gasteiger partial charge is 0.398 e. The maximum Gasteiger partial charge on any atom is 0.0424 e. The number of nitrogens with two attached hydrogens (primary N) is 1. The van der Waals surface area contributed by atoms with E-state index in [2.05, 4.69) is 53.5 Å². The second-order valence-electron chi connectivity index (χ2n) is 4.82. The van der Waals surface area contributed by atoms with Gasteiger partial charge in [-0.05, 0) is 29.2 Å². The monoisotopic (exact) mass is 260 g/mol. The van der Waals surface area contributed by atoms with Gasteiger partial charge in [-0.1, -0.05) is 54.6 Å². The summed E-state index contributed by atoms with van der Waals surface area (Å²) >= 11 is 0. The average molecular weight is 260 g/mol. The van der Waals surface area contributed by atoms with Gasteiger partial charge in [0, 0.05) is 23.6 Å². The van der Waals surface area contributed by atoms with Crippen LogP contribution in [0.4, 0.5) is 5.69 Å². The summed E-state index contributed by atoms with van der Waals surface area (Å²) < 4.78 is 0. The summed E-state index contributed by atoms with van der Waals surface area (Å²) in [6.07, 6.45) is 4.47. The molecule has 0 aliphatic carbocycles. The quantitative estimate of drug-likeness (QED) is 0.775. The number of aromatic nitrogens is 1. The zero-order valence-corrected chi connectivity index (χ0v) is 11.2. The van der Waals surface area contributed by atoms with Gasteiger partial charge in [-0.15, -0.1) is 0 Å². The number of anilines is 1. The Bertz CT molecular complexity index is 688. The third-order valence-electron chi connectivity index (χ3n) is 3.37. The van der Waals surface area contributed by atoms with E-state index in [0.29, 0.717) is 0 Å². The molecule has 0 spiro atoms. The summed E-state index contributed by atoms with van der Waals surface area (Å²) in [6.45, 7) is 0. The molecule has 0 aliphatic rings. The average Bonchev–Trinajstić information content (AvgIpc) is 2.50. The van der Waals surface area contributed by atoms with Gasteiger partial charge in [0.15, 0.2) is 0 Å². The molecule has 0 bridgehead atoms. The lowest BCUT2D eigenvalue weighted by atomic mass is 10.0. The van der Waals surface area contributed by atoms with Crippen LogP contribution in [0.25, 0.3) is 11.1 Å². The van der Waals surface area contributed by atoms with Crippen molar-refractivity contribution < 1.29 is 0 Å². The van der Waals surface area contributed by atoms with Crippen LogP contribution < -0.4 is 5.73 Å². The minimum absolute atomic E-state index is 0.760. The third-order valence-corrected chi connectivity index (χ3v) is 3.37. The molecule has 2 nitrogen and oxygen atoms in total. The van der Waals surface area contributed by atoms with E-state index in [9.17, 15) is 0 Å². The zero-order valence-electron chi connectivity index (χ0n) is 11.2. The molecule has 98 valence electrons. The molecule has 0 unspecified atom stereocenters. The molecule has 1 aromatic heterocycles. The van der Waals surface area contributed by atoms with Crippen molar-refractivity contribution in [1.82, 2.24) is 4.98 Å². The van der Waals surface area contributed by atoms with Gasteiger partial charge in [-0.3, -0.25) is 4.98 Å². The van der Waals surface area contributed by atoms with Gasteiger partial charge in [0.25, 0.3) is 0 Å². The molecule has 2 heteroatoms. The van der Waals surface area contributed by atoms with Crippen LogP contribution in [0.2, 0.25) is 0 Å². The van der Waals surface area contributed by atoms with Crippen LogP contribution >= 0.6 is 0 Å². The Morgan fingerprint density at radius 2 is 1.50 bits per heavy atom. The van der Waals surface area contributed by atoms with Gasteiger partial charge in [0.1, 0.15) is 0 Å². The van der Waals surface area contributed by atoms with Crippen LogP contribution in [-0.4, -0.2) is 4.98 Å². The van der Waals surface area contributed by atoms with Crippen LogP contribution in [0.1, 0.15) is 11.1 Å². The van der Waals surface area contributed by atoms with E-state index in [1.165, 1.54) is 11.1 Å². The van der Waals surface area contributed by atoms with Crippen molar-refractivity contribution in [2.24, 2.45) is 0 Å². The van der Waals surface area contributed by atoms with Crippen LogP contribution in [0.5, 0.6) is 0 Å². The molecule has 20 heavy (non-hydrogen) atoms. The third kappa shape index (κ3) is 2.69. The fourth-order valence-electron chi connectivity index (χ4n) is 2.28. The molecule has 3 rings (SSSR count). The number of pyridine rings is 1. The Morgan fingerprint density at radius 3 is 2.20 bits per heavy atom. The molecule has 2 N–H and O–H groups in total. The van der Waals surface area contributed by atoms with Crippen molar-refractivity contribution in [3.63, 3.8) is 0 Å². The standard InChI is InChI=1S/C18H16N2/c19-18-10-11-20-13-17(18)16-8-6-15(7-9-16)12-14-4-2-1-3-5-14/h1-11,13H,12H2,(H2,19,20). The van der Waals surface area contributed by atoms with E-state index in [0.717, 1.165) is 23.2 Å². The molecule has 0 fully saturated rings.